The molecule has 0 bridgehead atoms. The van der Waals surface area contributed by atoms with E-state index in [4.69, 9.17) is 9.47 Å². The molecule has 31 heavy (non-hydrogen) atoms. The first kappa shape index (κ1) is 21.6. The maximum Gasteiger partial charge on any atom is 0.277 e. The Balaban J connectivity index is 1.21. The molecule has 0 saturated carbocycles. The Bertz CT molecular complexity index is 813. The minimum absolute atomic E-state index is 0.00705. The number of quaternary nitrogens is 1. The van der Waals surface area contributed by atoms with E-state index in [1.165, 1.54) is 4.90 Å². The molecule has 3 heterocycles. The molecule has 1 aromatic carbocycles. The summed E-state index contributed by atoms with van der Waals surface area (Å²) in [7, 11) is 0. The van der Waals surface area contributed by atoms with Crippen LogP contribution in [0.25, 0.3) is 0 Å². The topological polar surface area (TPSA) is 80.6 Å². The number of piperazine rings is 1. The van der Waals surface area contributed by atoms with E-state index in [1.54, 1.807) is 18.2 Å². The van der Waals surface area contributed by atoms with Crippen molar-refractivity contribution in [2.45, 2.75) is 32.1 Å². The number of nitrogens with zero attached hydrogens (tertiary/aromatic N) is 2. The van der Waals surface area contributed by atoms with E-state index in [9.17, 15) is 14.4 Å². The van der Waals surface area contributed by atoms with E-state index >= 15 is 0 Å². The molecule has 0 unspecified atom stereocenters. The predicted molar refractivity (Wildman–Crippen MR) is 114 cm³/mol. The Labute approximate surface area is 183 Å². The molecule has 168 valence electrons. The molecule has 0 aromatic heterocycles. The Kier molecular flexibility index (Phi) is 7.06. The smallest absolute Gasteiger partial charge is 0.277 e. The van der Waals surface area contributed by atoms with Crippen LogP contribution in [0.5, 0.6) is 11.5 Å². The Morgan fingerprint density at radius 2 is 1.48 bits per heavy atom. The number of ketones is 1. The number of carbonyl (C=O) groups excluding carboxylic acids is 3. The van der Waals surface area contributed by atoms with Gasteiger partial charge in [0.2, 0.25) is 5.91 Å². The Morgan fingerprint density at radius 3 is 2.23 bits per heavy atom. The number of carbonyl (C=O) groups is 3. The van der Waals surface area contributed by atoms with Crippen LogP contribution in [0.4, 0.5) is 0 Å². The quantitative estimate of drug-likeness (QED) is 0.651. The number of fused-ring (bicyclic) bond motifs is 1. The average Bonchev–Trinajstić information content (AvgIpc) is 3.23. The lowest BCUT2D eigenvalue weighted by Crippen LogP contribution is -3.15. The molecule has 0 spiro atoms. The van der Waals surface area contributed by atoms with Crippen LogP contribution in [0.3, 0.4) is 0 Å². The number of likely N-dealkylation sites (tertiary alicyclic amines) is 1. The van der Waals surface area contributed by atoms with Gasteiger partial charge in [0.1, 0.15) is 0 Å². The highest BCUT2D eigenvalue weighted by Gasteiger charge is 2.28. The fourth-order valence-corrected chi connectivity index (χ4v) is 4.40. The normalized spacial score (nSPS) is 19.2. The molecule has 0 aliphatic carbocycles. The molecule has 1 aromatic rings. The van der Waals surface area contributed by atoms with Crippen LogP contribution < -0.4 is 14.4 Å². The van der Waals surface area contributed by atoms with Crippen molar-refractivity contribution >= 4 is 17.6 Å². The highest BCUT2D eigenvalue weighted by molar-refractivity contribution is 5.98. The van der Waals surface area contributed by atoms with Crippen LogP contribution in [0.1, 0.15) is 42.5 Å². The van der Waals surface area contributed by atoms with E-state index in [-0.39, 0.29) is 30.4 Å². The molecule has 2 saturated heterocycles. The lowest BCUT2D eigenvalue weighted by atomic mass is 10.1. The van der Waals surface area contributed by atoms with Gasteiger partial charge in [-0.15, -0.1) is 0 Å². The van der Waals surface area contributed by atoms with Gasteiger partial charge < -0.3 is 24.2 Å². The van der Waals surface area contributed by atoms with E-state index in [2.05, 4.69) is 0 Å². The molecule has 0 radical (unpaired) electrons. The van der Waals surface area contributed by atoms with Crippen molar-refractivity contribution in [3.05, 3.63) is 23.8 Å². The first-order valence-electron chi connectivity index (χ1n) is 11.4. The third-order valence-electron chi connectivity index (χ3n) is 6.32. The summed E-state index contributed by atoms with van der Waals surface area (Å²) in [6.07, 6.45) is 3.41. The van der Waals surface area contributed by atoms with Crippen molar-refractivity contribution in [2.24, 2.45) is 0 Å². The highest BCUT2D eigenvalue weighted by Crippen LogP contribution is 2.30. The minimum Gasteiger partial charge on any atom is -0.490 e. The van der Waals surface area contributed by atoms with Gasteiger partial charge in [0.15, 0.2) is 23.8 Å². The summed E-state index contributed by atoms with van der Waals surface area (Å²) in [5.74, 6) is 1.43. The third kappa shape index (κ3) is 5.55. The van der Waals surface area contributed by atoms with Gasteiger partial charge in [0, 0.05) is 37.9 Å². The second kappa shape index (κ2) is 10.1. The van der Waals surface area contributed by atoms with Gasteiger partial charge in [-0.25, -0.2) is 0 Å². The largest absolute Gasteiger partial charge is 0.490 e. The number of benzene rings is 1. The van der Waals surface area contributed by atoms with E-state index in [1.807, 2.05) is 9.80 Å². The highest BCUT2D eigenvalue weighted by atomic mass is 16.5. The molecule has 2 fully saturated rings. The SMILES string of the molecule is O=C(CCC(=O)N1CC[NH+](CC(=O)N2CCCC2)CC1)c1ccc2c(c1)OCCCO2. The maximum atomic E-state index is 12.6. The number of ether oxygens (including phenoxy) is 2. The molecular formula is C23H32N3O5+. The maximum absolute atomic E-state index is 12.6. The van der Waals surface area contributed by atoms with Gasteiger partial charge in [-0.1, -0.05) is 0 Å². The average molecular weight is 431 g/mol. The number of nitrogens with one attached hydrogen (secondary N) is 1. The van der Waals surface area contributed by atoms with Crippen molar-refractivity contribution in [3.8, 4) is 11.5 Å². The van der Waals surface area contributed by atoms with Gasteiger partial charge in [-0.2, -0.15) is 0 Å². The van der Waals surface area contributed by atoms with Gasteiger partial charge in [-0.05, 0) is 31.0 Å². The first-order valence-corrected chi connectivity index (χ1v) is 11.4. The van der Waals surface area contributed by atoms with Crippen molar-refractivity contribution in [2.75, 3.05) is 59.0 Å². The van der Waals surface area contributed by atoms with Crippen LogP contribution >= 0.6 is 0 Å². The number of rotatable bonds is 6. The monoisotopic (exact) mass is 430 g/mol. The van der Waals surface area contributed by atoms with Crippen molar-refractivity contribution in [1.29, 1.82) is 0 Å². The summed E-state index contributed by atoms with van der Waals surface area (Å²) in [4.78, 5) is 42.5. The van der Waals surface area contributed by atoms with E-state index < -0.39 is 0 Å². The molecule has 1 N–H and O–H groups in total. The summed E-state index contributed by atoms with van der Waals surface area (Å²) in [6.45, 7) is 6.30. The van der Waals surface area contributed by atoms with Gasteiger partial charge in [0.25, 0.3) is 5.91 Å². The van der Waals surface area contributed by atoms with Crippen LogP contribution in [0, 0.1) is 0 Å². The first-order chi connectivity index (χ1) is 15.1. The van der Waals surface area contributed by atoms with Crippen molar-refractivity contribution < 1.29 is 28.8 Å². The second-order valence-electron chi connectivity index (χ2n) is 8.53. The lowest BCUT2D eigenvalue weighted by molar-refractivity contribution is -0.896. The summed E-state index contributed by atoms with van der Waals surface area (Å²) >= 11 is 0. The van der Waals surface area contributed by atoms with Gasteiger partial charge in [-0.3, -0.25) is 14.4 Å². The summed E-state index contributed by atoms with van der Waals surface area (Å²) < 4.78 is 11.2. The van der Waals surface area contributed by atoms with Crippen LogP contribution in [0.15, 0.2) is 18.2 Å². The zero-order chi connectivity index (χ0) is 21.6. The third-order valence-corrected chi connectivity index (χ3v) is 6.32. The fourth-order valence-electron chi connectivity index (χ4n) is 4.40. The van der Waals surface area contributed by atoms with Gasteiger partial charge >= 0.3 is 0 Å². The molecule has 3 aliphatic heterocycles. The van der Waals surface area contributed by atoms with Crippen LogP contribution in [0.2, 0.25) is 0 Å². The number of hydrogen-bond donors (Lipinski definition) is 1. The van der Waals surface area contributed by atoms with E-state index in [0.29, 0.717) is 49.9 Å². The van der Waals surface area contributed by atoms with Crippen molar-refractivity contribution in [3.63, 3.8) is 0 Å². The molecule has 4 rings (SSSR count). The molecule has 8 nitrogen and oxygen atoms in total. The summed E-state index contributed by atoms with van der Waals surface area (Å²) in [5.41, 5.74) is 0.548. The van der Waals surface area contributed by atoms with E-state index in [0.717, 1.165) is 45.4 Å². The fraction of sp³-hybridized carbons (Fsp3) is 0.609. The van der Waals surface area contributed by atoms with Gasteiger partial charge in [0.05, 0.1) is 39.4 Å². The Morgan fingerprint density at radius 1 is 0.806 bits per heavy atom. The second-order valence-corrected chi connectivity index (χ2v) is 8.53. The summed E-state index contributed by atoms with van der Waals surface area (Å²) in [5, 5.41) is 0. The Hall–Kier alpha value is -2.61. The zero-order valence-electron chi connectivity index (χ0n) is 18.1. The lowest BCUT2D eigenvalue weighted by Gasteiger charge is -2.32. The van der Waals surface area contributed by atoms with Crippen LogP contribution in [-0.2, 0) is 9.59 Å². The zero-order valence-corrected chi connectivity index (χ0v) is 18.1. The number of Topliss-reactive ketones (excluding diaryl/α,β-unsaturated/α-hetero) is 1. The van der Waals surface area contributed by atoms with Crippen LogP contribution in [-0.4, -0.2) is 86.4 Å². The van der Waals surface area contributed by atoms with Crippen molar-refractivity contribution in [1.82, 2.24) is 9.80 Å². The predicted octanol–water partition coefficient (Wildman–Crippen LogP) is 0.160. The number of amides is 2. The molecular weight excluding hydrogens is 398 g/mol. The minimum atomic E-state index is -0.0653. The standard InChI is InChI=1S/C23H31N3O5/c27-19(18-4-6-20-21(16-18)31-15-3-14-30-20)5-7-22(28)26-12-10-24(11-13-26)17-23(29)25-8-1-2-9-25/h4,6,16H,1-3,5,7-15,17H2/p+1. The molecule has 3 aliphatic rings. The summed E-state index contributed by atoms with van der Waals surface area (Å²) in [6, 6.07) is 5.22. The number of hydrogen-bond acceptors (Lipinski definition) is 5. The molecule has 2 amide bonds. The molecule has 0 atom stereocenters. The molecule has 8 heteroatoms.